The van der Waals surface area contributed by atoms with Gasteiger partial charge >= 0.3 is 0 Å². The fourth-order valence-corrected chi connectivity index (χ4v) is 1.38. The van der Waals surface area contributed by atoms with Crippen LogP contribution in [0.1, 0.15) is 17.6 Å². The maximum Gasteiger partial charge on any atom is 0.269 e. The van der Waals surface area contributed by atoms with Gasteiger partial charge in [-0.1, -0.05) is 15.9 Å². The van der Waals surface area contributed by atoms with Crippen molar-refractivity contribution in [1.29, 1.82) is 0 Å². The minimum absolute atomic E-state index is 0.261. The molecule has 5 heteroatoms. The molecule has 0 saturated carbocycles. The molecule has 0 saturated heterocycles. The first-order valence-corrected chi connectivity index (χ1v) is 4.33. The molecule has 0 aliphatic carbocycles. The summed E-state index contributed by atoms with van der Waals surface area (Å²) in [6, 6.07) is 1.46. The summed E-state index contributed by atoms with van der Waals surface area (Å²) in [5.74, 6) is 0. The Morgan fingerprint density at radius 1 is 1.58 bits per heavy atom. The predicted octanol–water partition coefficient (Wildman–Crippen LogP) is 2.21. The van der Waals surface area contributed by atoms with Crippen LogP contribution in [-0.4, -0.2) is 4.98 Å². The highest BCUT2D eigenvalue weighted by Gasteiger charge is 2.15. The molecule has 0 spiro atoms. The van der Waals surface area contributed by atoms with Crippen molar-refractivity contribution in [1.82, 2.24) is 4.98 Å². The summed E-state index contributed by atoms with van der Waals surface area (Å²) in [4.78, 5) is 13.1. The van der Waals surface area contributed by atoms with Crippen LogP contribution in [0, 0.1) is 0 Å². The second kappa shape index (κ2) is 3.80. The smallest absolute Gasteiger partial charge is 0.269 e. The minimum atomic E-state index is -2.72. The van der Waals surface area contributed by atoms with Crippen LogP contribution in [0.5, 0.6) is 0 Å². The Morgan fingerprint density at radius 2 is 2.25 bits per heavy atom. The van der Waals surface area contributed by atoms with Crippen molar-refractivity contribution in [3.05, 3.63) is 33.7 Å². The lowest BCUT2D eigenvalue weighted by Crippen LogP contribution is -2.14. The SMILES string of the molecule is O=c1[nH]ccc(CBr)c1C(F)F. The third-order valence-corrected chi connectivity index (χ3v) is 2.06. The maximum absolute atomic E-state index is 12.2. The van der Waals surface area contributed by atoms with E-state index in [1.54, 1.807) is 0 Å². The van der Waals surface area contributed by atoms with Crippen LogP contribution in [0.15, 0.2) is 17.1 Å². The van der Waals surface area contributed by atoms with Crippen LogP contribution >= 0.6 is 15.9 Å². The highest BCUT2D eigenvalue weighted by molar-refractivity contribution is 9.08. The van der Waals surface area contributed by atoms with Gasteiger partial charge in [-0.15, -0.1) is 0 Å². The molecule has 0 radical (unpaired) electrons. The Bertz CT molecular complexity index is 323. The lowest BCUT2D eigenvalue weighted by atomic mass is 10.2. The Kier molecular flexibility index (Phi) is 2.97. The average molecular weight is 238 g/mol. The molecule has 1 aromatic rings. The third-order valence-electron chi connectivity index (χ3n) is 1.45. The molecule has 0 aliphatic rings. The topological polar surface area (TPSA) is 32.9 Å². The Balaban J connectivity index is 3.30. The van der Waals surface area contributed by atoms with E-state index in [1.807, 2.05) is 0 Å². The molecule has 0 amide bonds. The summed E-state index contributed by atoms with van der Waals surface area (Å²) in [7, 11) is 0. The molecule has 1 aromatic heterocycles. The van der Waals surface area contributed by atoms with Gasteiger partial charge in [0.05, 0.1) is 5.56 Å². The second-order valence-corrected chi connectivity index (χ2v) is 2.74. The van der Waals surface area contributed by atoms with Crippen molar-refractivity contribution in [3.8, 4) is 0 Å². The molecule has 12 heavy (non-hydrogen) atoms. The molecular formula is C7H6BrF2NO. The van der Waals surface area contributed by atoms with Crippen molar-refractivity contribution in [2.75, 3.05) is 0 Å². The van der Waals surface area contributed by atoms with Gasteiger partial charge in [-0.05, 0) is 11.6 Å². The highest BCUT2D eigenvalue weighted by Crippen LogP contribution is 2.19. The van der Waals surface area contributed by atoms with Gasteiger partial charge in [0.1, 0.15) is 0 Å². The molecule has 2 nitrogen and oxygen atoms in total. The van der Waals surface area contributed by atoms with Crippen LogP contribution in [0.2, 0.25) is 0 Å². The van der Waals surface area contributed by atoms with Crippen molar-refractivity contribution < 1.29 is 8.78 Å². The van der Waals surface area contributed by atoms with Gasteiger partial charge in [-0.25, -0.2) is 8.78 Å². The van der Waals surface area contributed by atoms with Crippen molar-refractivity contribution in [2.24, 2.45) is 0 Å². The van der Waals surface area contributed by atoms with E-state index in [-0.39, 0.29) is 5.33 Å². The predicted molar refractivity (Wildman–Crippen MR) is 44.7 cm³/mol. The molecule has 1 heterocycles. The van der Waals surface area contributed by atoms with Gasteiger partial charge in [0.2, 0.25) is 0 Å². The van der Waals surface area contributed by atoms with Gasteiger partial charge in [-0.2, -0.15) is 0 Å². The van der Waals surface area contributed by atoms with E-state index in [4.69, 9.17) is 0 Å². The molecule has 0 unspecified atom stereocenters. The molecule has 0 aromatic carbocycles. The number of H-pyrrole nitrogens is 1. The molecule has 1 N–H and O–H groups in total. The number of pyridine rings is 1. The number of aromatic nitrogens is 1. The average Bonchev–Trinajstić information content (AvgIpc) is 2.03. The fourth-order valence-electron chi connectivity index (χ4n) is 0.887. The molecule has 1 rings (SSSR count). The Labute approximate surface area is 75.7 Å². The molecule has 66 valence electrons. The molecule has 0 bridgehead atoms. The number of nitrogens with one attached hydrogen (secondary N) is 1. The number of halogens is 3. The maximum atomic E-state index is 12.2. The van der Waals surface area contributed by atoms with E-state index in [0.29, 0.717) is 5.56 Å². The second-order valence-electron chi connectivity index (χ2n) is 2.18. The normalized spacial score (nSPS) is 10.7. The number of rotatable bonds is 2. The van der Waals surface area contributed by atoms with Crippen LogP contribution < -0.4 is 5.56 Å². The number of alkyl halides is 3. The number of hydrogen-bond acceptors (Lipinski definition) is 1. The molecule has 0 aliphatic heterocycles. The van der Waals surface area contributed by atoms with E-state index >= 15 is 0 Å². The standard InChI is InChI=1S/C7H6BrF2NO/c8-3-4-1-2-11-7(12)5(4)6(9)10/h1-2,6H,3H2,(H,11,12). The largest absolute Gasteiger partial charge is 0.329 e. The Morgan fingerprint density at radius 3 is 2.67 bits per heavy atom. The summed E-state index contributed by atoms with van der Waals surface area (Å²) < 4.78 is 24.5. The number of aromatic amines is 1. The van der Waals surface area contributed by atoms with Gasteiger partial charge in [0, 0.05) is 11.5 Å². The van der Waals surface area contributed by atoms with Crippen molar-refractivity contribution in [2.45, 2.75) is 11.8 Å². The first-order chi connectivity index (χ1) is 5.66. The van der Waals surface area contributed by atoms with Crippen LogP contribution in [-0.2, 0) is 5.33 Å². The quantitative estimate of drug-likeness (QED) is 0.787. The summed E-state index contributed by atoms with van der Waals surface area (Å²) in [5, 5.41) is 0.261. The Hall–Kier alpha value is -0.710. The molecule has 0 atom stereocenters. The monoisotopic (exact) mass is 237 g/mol. The summed E-state index contributed by atoms with van der Waals surface area (Å²) in [5.41, 5.74) is -0.843. The molecular weight excluding hydrogens is 232 g/mol. The first-order valence-electron chi connectivity index (χ1n) is 3.21. The van der Waals surface area contributed by atoms with Crippen LogP contribution in [0.4, 0.5) is 8.78 Å². The third kappa shape index (κ3) is 1.72. The lowest BCUT2D eigenvalue weighted by Gasteiger charge is -2.02. The molecule has 0 fully saturated rings. The summed E-state index contributed by atoms with van der Waals surface area (Å²) >= 11 is 3.02. The van der Waals surface area contributed by atoms with E-state index < -0.39 is 17.5 Å². The van der Waals surface area contributed by atoms with E-state index in [0.717, 1.165) is 0 Å². The van der Waals surface area contributed by atoms with Gasteiger partial charge in [0.15, 0.2) is 0 Å². The van der Waals surface area contributed by atoms with E-state index in [9.17, 15) is 13.6 Å². The fraction of sp³-hybridized carbons (Fsp3) is 0.286. The van der Waals surface area contributed by atoms with Gasteiger partial charge in [0.25, 0.3) is 12.0 Å². The van der Waals surface area contributed by atoms with Gasteiger partial charge < -0.3 is 4.98 Å². The summed E-state index contributed by atoms with van der Waals surface area (Å²) in [6.45, 7) is 0. The zero-order valence-electron chi connectivity index (χ0n) is 5.98. The summed E-state index contributed by atoms with van der Waals surface area (Å²) in [6.07, 6.45) is -1.37. The number of hydrogen-bond donors (Lipinski definition) is 1. The highest BCUT2D eigenvalue weighted by atomic mass is 79.9. The van der Waals surface area contributed by atoms with Crippen LogP contribution in [0.25, 0.3) is 0 Å². The van der Waals surface area contributed by atoms with E-state index in [1.165, 1.54) is 12.3 Å². The lowest BCUT2D eigenvalue weighted by molar-refractivity contribution is 0.148. The van der Waals surface area contributed by atoms with E-state index in [2.05, 4.69) is 20.9 Å². The van der Waals surface area contributed by atoms with Crippen molar-refractivity contribution >= 4 is 15.9 Å². The first kappa shape index (κ1) is 9.38. The van der Waals surface area contributed by atoms with Gasteiger partial charge in [-0.3, -0.25) is 4.79 Å². The van der Waals surface area contributed by atoms with Crippen molar-refractivity contribution in [3.63, 3.8) is 0 Å². The zero-order valence-corrected chi connectivity index (χ0v) is 7.57. The zero-order chi connectivity index (χ0) is 9.14. The minimum Gasteiger partial charge on any atom is -0.329 e. The van der Waals surface area contributed by atoms with Crippen LogP contribution in [0.3, 0.4) is 0 Å².